The van der Waals surface area contributed by atoms with Crippen molar-refractivity contribution in [1.82, 2.24) is 19.9 Å². The first-order valence-corrected chi connectivity index (χ1v) is 10.6. The molecular formula is C25H25N5O. The van der Waals surface area contributed by atoms with Gasteiger partial charge in [0.15, 0.2) is 5.78 Å². The van der Waals surface area contributed by atoms with Crippen LogP contribution in [0.3, 0.4) is 0 Å². The smallest absolute Gasteiger partial charge is 0.225 e. The maximum Gasteiger partial charge on any atom is 0.225 e. The molecule has 0 aliphatic carbocycles. The molecule has 1 aliphatic heterocycles. The van der Waals surface area contributed by atoms with Crippen LogP contribution in [0.4, 0.5) is 5.95 Å². The third kappa shape index (κ3) is 3.70. The Morgan fingerprint density at radius 1 is 0.903 bits per heavy atom. The Morgan fingerprint density at radius 3 is 2.32 bits per heavy atom. The summed E-state index contributed by atoms with van der Waals surface area (Å²) in [5.74, 6) is 0.891. The number of anilines is 1. The maximum atomic E-state index is 14.0. The molecule has 3 heterocycles. The number of rotatable bonds is 5. The fourth-order valence-corrected chi connectivity index (χ4v) is 4.53. The Bertz CT molecular complexity index is 1180. The van der Waals surface area contributed by atoms with Gasteiger partial charge in [0.05, 0.1) is 6.04 Å². The Balaban J connectivity index is 1.47. The first-order valence-electron chi connectivity index (χ1n) is 10.6. The van der Waals surface area contributed by atoms with Crippen molar-refractivity contribution in [3.05, 3.63) is 89.9 Å². The van der Waals surface area contributed by atoms with Gasteiger partial charge in [0.2, 0.25) is 5.95 Å². The molecule has 31 heavy (non-hydrogen) atoms. The maximum absolute atomic E-state index is 14.0. The van der Waals surface area contributed by atoms with E-state index in [0.29, 0.717) is 0 Å². The lowest BCUT2D eigenvalue weighted by Crippen LogP contribution is -2.49. The molecule has 4 aromatic rings. The van der Waals surface area contributed by atoms with Crippen LogP contribution >= 0.6 is 0 Å². The molecule has 0 spiro atoms. The molecule has 5 rings (SSSR count). The topological polar surface area (TPSA) is 65.1 Å². The highest BCUT2D eigenvalue weighted by Gasteiger charge is 2.33. The summed E-state index contributed by atoms with van der Waals surface area (Å²) in [5.41, 5.74) is 3.74. The van der Waals surface area contributed by atoms with Crippen LogP contribution in [0.15, 0.2) is 73.1 Å². The van der Waals surface area contributed by atoms with Gasteiger partial charge in [-0.15, -0.1) is 0 Å². The highest BCUT2D eigenvalue weighted by molar-refractivity contribution is 6.11. The molecule has 6 nitrogen and oxygen atoms in total. The predicted octanol–water partition coefficient (Wildman–Crippen LogP) is 4.01. The minimum absolute atomic E-state index is 0.144. The van der Waals surface area contributed by atoms with Gasteiger partial charge in [-0.25, -0.2) is 9.97 Å². The number of nitrogens with zero attached hydrogens (tertiary/aromatic N) is 4. The molecule has 0 radical (unpaired) electrons. The summed E-state index contributed by atoms with van der Waals surface area (Å²) >= 11 is 0. The molecule has 2 aromatic carbocycles. The molecule has 1 unspecified atom stereocenters. The Kier molecular flexibility index (Phi) is 5.22. The number of carbonyl (C=O) groups excluding carboxylic acids is 1. The third-order valence-corrected chi connectivity index (χ3v) is 6.02. The molecular weight excluding hydrogens is 386 g/mol. The molecule has 6 heteroatoms. The van der Waals surface area contributed by atoms with E-state index in [-0.39, 0.29) is 11.8 Å². The zero-order valence-electron chi connectivity index (χ0n) is 17.5. The molecule has 0 bridgehead atoms. The van der Waals surface area contributed by atoms with Crippen molar-refractivity contribution >= 4 is 22.6 Å². The number of aromatic amines is 1. The van der Waals surface area contributed by atoms with Crippen molar-refractivity contribution in [3.63, 3.8) is 0 Å². The number of piperazine rings is 1. The number of fused-ring (bicyclic) bond motifs is 1. The van der Waals surface area contributed by atoms with Gasteiger partial charge in [-0.1, -0.05) is 48.5 Å². The molecule has 1 aliphatic rings. The van der Waals surface area contributed by atoms with E-state index in [2.05, 4.69) is 36.9 Å². The second-order valence-corrected chi connectivity index (χ2v) is 7.92. The van der Waals surface area contributed by atoms with Gasteiger partial charge in [-0.2, -0.15) is 0 Å². The van der Waals surface area contributed by atoms with Crippen molar-refractivity contribution in [2.45, 2.75) is 13.0 Å². The summed E-state index contributed by atoms with van der Waals surface area (Å²) in [6.45, 7) is 5.09. The summed E-state index contributed by atoms with van der Waals surface area (Å²) in [6.07, 6.45) is 3.54. The molecule has 156 valence electrons. The summed E-state index contributed by atoms with van der Waals surface area (Å²) in [7, 11) is 0. The highest BCUT2D eigenvalue weighted by Crippen LogP contribution is 2.31. The number of aryl methyl sites for hydroxylation is 1. The molecule has 1 N–H and O–H groups in total. The van der Waals surface area contributed by atoms with Gasteiger partial charge >= 0.3 is 0 Å². The predicted molar refractivity (Wildman–Crippen MR) is 122 cm³/mol. The second-order valence-electron chi connectivity index (χ2n) is 7.92. The Labute approximate surface area is 181 Å². The standard InChI is InChI=1S/C25H25N5O/c1-18-22(20-10-5-6-11-21(20)28-18)24(31)23(19-8-3-2-4-9-19)29-14-16-30(17-15-29)25-26-12-7-13-27-25/h2-13,23,28H,14-17H2,1H3. The molecule has 1 saturated heterocycles. The van der Waals surface area contributed by atoms with Crippen molar-refractivity contribution < 1.29 is 4.79 Å². The minimum atomic E-state index is -0.321. The van der Waals surface area contributed by atoms with Crippen molar-refractivity contribution in [2.75, 3.05) is 31.1 Å². The quantitative estimate of drug-likeness (QED) is 0.503. The summed E-state index contributed by atoms with van der Waals surface area (Å²) in [5, 5.41) is 0.988. The van der Waals surface area contributed by atoms with E-state index in [1.54, 1.807) is 12.4 Å². The summed E-state index contributed by atoms with van der Waals surface area (Å²) < 4.78 is 0. The van der Waals surface area contributed by atoms with Crippen LogP contribution in [-0.2, 0) is 0 Å². The van der Waals surface area contributed by atoms with Crippen molar-refractivity contribution in [2.24, 2.45) is 0 Å². The van der Waals surface area contributed by atoms with E-state index in [0.717, 1.165) is 59.9 Å². The van der Waals surface area contributed by atoms with E-state index in [4.69, 9.17) is 0 Å². The fourth-order valence-electron chi connectivity index (χ4n) is 4.53. The van der Waals surface area contributed by atoms with Crippen molar-refractivity contribution in [3.8, 4) is 0 Å². The Hall–Kier alpha value is -3.51. The van der Waals surface area contributed by atoms with E-state index >= 15 is 0 Å². The molecule has 1 fully saturated rings. The van der Waals surface area contributed by atoms with Gasteiger partial charge in [-0.3, -0.25) is 9.69 Å². The van der Waals surface area contributed by atoms with Gasteiger partial charge in [0.1, 0.15) is 0 Å². The number of carbonyl (C=O) groups is 1. The number of H-pyrrole nitrogens is 1. The lowest BCUT2D eigenvalue weighted by molar-refractivity contribution is 0.0807. The van der Waals surface area contributed by atoms with Crippen LogP contribution in [0.5, 0.6) is 0 Å². The fraction of sp³-hybridized carbons (Fsp3) is 0.240. The zero-order valence-corrected chi connectivity index (χ0v) is 17.5. The average molecular weight is 412 g/mol. The first kappa shape index (κ1) is 19.5. The van der Waals surface area contributed by atoms with E-state index in [1.807, 2.05) is 55.5 Å². The van der Waals surface area contributed by atoms with Crippen LogP contribution in [0, 0.1) is 6.92 Å². The summed E-state index contributed by atoms with van der Waals surface area (Å²) in [4.78, 5) is 30.6. The van der Waals surface area contributed by atoms with Crippen LogP contribution in [0.25, 0.3) is 10.9 Å². The van der Waals surface area contributed by atoms with E-state index in [9.17, 15) is 4.79 Å². The lowest BCUT2D eigenvalue weighted by Gasteiger charge is -2.38. The van der Waals surface area contributed by atoms with Crippen molar-refractivity contribution in [1.29, 1.82) is 0 Å². The van der Waals surface area contributed by atoms with Gasteiger partial charge < -0.3 is 9.88 Å². The zero-order chi connectivity index (χ0) is 21.2. The largest absolute Gasteiger partial charge is 0.358 e. The molecule has 1 atom stereocenters. The van der Waals surface area contributed by atoms with Crippen LogP contribution < -0.4 is 4.90 Å². The highest BCUT2D eigenvalue weighted by atomic mass is 16.1. The number of hydrogen-bond acceptors (Lipinski definition) is 5. The monoisotopic (exact) mass is 411 g/mol. The number of Topliss-reactive ketones (excluding diaryl/α,β-unsaturated/α-hetero) is 1. The molecule has 0 amide bonds. The normalized spacial score (nSPS) is 15.8. The van der Waals surface area contributed by atoms with E-state index < -0.39 is 0 Å². The average Bonchev–Trinajstić information content (AvgIpc) is 3.16. The molecule has 2 aromatic heterocycles. The molecule has 0 saturated carbocycles. The lowest BCUT2D eigenvalue weighted by atomic mass is 9.93. The van der Waals surface area contributed by atoms with Crippen LogP contribution in [-0.4, -0.2) is 51.8 Å². The summed E-state index contributed by atoms with van der Waals surface area (Å²) in [6, 6.07) is 19.6. The van der Waals surface area contributed by atoms with Gasteiger partial charge in [0, 0.05) is 60.7 Å². The van der Waals surface area contributed by atoms with Gasteiger partial charge in [0.25, 0.3) is 0 Å². The third-order valence-electron chi connectivity index (χ3n) is 6.02. The van der Waals surface area contributed by atoms with Crippen LogP contribution in [0.1, 0.15) is 27.7 Å². The number of ketones is 1. The van der Waals surface area contributed by atoms with Gasteiger partial charge in [-0.05, 0) is 24.6 Å². The number of aromatic nitrogens is 3. The SMILES string of the molecule is Cc1[nH]c2ccccc2c1C(=O)C(c1ccccc1)N1CCN(c2ncccn2)CC1. The Morgan fingerprint density at radius 2 is 1.58 bits per heavy atom. The number of nitrogens with one attached hydrogen (secondary N) is 1. The van der Waals surface area contributed by atoms with Crippen LogP contribution in [0.2, 0.25) is 0 Å². The second kappa shape index (κ2) is 8.32. The number of para-hydroxylation sites is 1. The van der Waals surface area contributed by atoms with E-state index in [1.165, 1.54) is 0 Å². The minimum Gasteiger partial charge on any atom is -0.358 e. The number of hydrogen-bond donors (Lipinski definition) is 1. The number of benzene rings is 2. The first-order chi connectivity index (χ1) is 15.2.